The Hall–Kier alpha value is -2.96. The van der Waals surface area contributed by atoms with E-state index in [1.807, 2.05) is 17.0 Å². The topological polar surface area (TPSA) is 101 Å². The summed E-state index contributed by atoms with van der Waals surface area (Å²) in [5, 5.41) is 2.98. The Kier molecular flexibility index (Phi) is 5.23. The van der Waals surface area contributed by atoms with Crippen LogP contribution in [0, 0.1) is 5.92 Å². The Balaban J connectivity index is 1.32. The molecule has 2 fully saturated rings. The smallest absolute Gasteiger partial charge is 0.251 e. The molecule has 4 rings (SSSR count). The Morgan fingerprint density at radius 3 is 2.64 bits per heavy atom. The standard InChI is InChI=1S/C21H25N5O2/c22-19-10-18(24-13-25-19)15-5-7-16(8-6-15)21(28)23-11-14-9-20(27)26(12-14)17-3-1-2-4-17/h5-8,10,13-14,17H,1-4,9,11-12H2,(H,23,28)(H2,22,24,25)/t14-/m1/s1. The quantitative estimate of drug-likeness (QED) is 0.830. The maximum Gasteiger partial charge on any atom is 0.251 e. The van der Waals surface area contributed by atoms with Gasteiger partial charge in [-0.25, -0.2) is 9.97 Å². The van der Waals surface area contributed by atoms with Crippen LogP contribution >= 0.6 is 0 Å². The van der Waals surface area contributed by atoms with Crippen LogP contribution in [0.3, 0.4) is 0 Å². The molecule has 7 nitrogen and oxygen atoms in total. The van der Waals surface area contributed by atoms with E-state index >= 15 is 0 Å². The molecule has 28 heavy (non-hydrogen) atoms. The molecule has 0 radical (unpaired) electrons. The molecule has 1 atom stereocenters. The molecular formula is C21H25N5O2. The number of rotatable bonds is 5. The number of carbonyl (C=O) groups is 2. The maximum atomic E-state index is 12.5. The second kappa shape index (κ2) is 7.96. The number of aromatic nitrogens is 2. The summed E-state index contributed by atoms with van der Waals surface area (Å²) < 4.78 is 0. The third-order valence-electron chi connectivity index (χ3n) is 5.69. The summed E-state index contributed by atoms with van der Waals surface area (Å²) in [6.45, 7) is 1.29. The molecule has 7 heteroatoms. The molecule has 0 bridgehead atoms. The molecule has 3 N–H and O–H groups in total. The molecule has 2 aromatic rings. The molecule has 2 heterocycles. The maximum absolute atomic E-state index is 12.5. The van der Waals surface area contributed by atoms with Gasteiger partial charge in [-0.1, -0.05) is 25.0 Å². The number of amides is 2. The lowest BCUT2D eigenvalue weighted by molar-refractivity contribution is -0.129. The van der Waals surface area contributed by atoms with Gasteiger partial charge in [0, 0.05) is 48.7 Å². The average Bonchev–Trinajstić information content (AvgIpc) is 3.36. The van der Waals surface area contributed by atoms with Crippen molar-refractivity contribution < 1.29 is 9.59 Å². The molecule has 1 aromatic heterocycles. The summed E-state index contributed by atoms with van der Waals surface area (Å²) in [5.74, 6) is 0.713. The van der Waals surface area contributed by atoms with Gasteiger partial charge in [-0.15, -0.1) is 0 Å². The van der Waals surface area contributed by atoms with Gasteiger partial charge in [0.05, 0.1) is 5.69 Å². The number of carbonyl (C=O) groups excluding carboxylic acids is 2. The number of nitrogen functional groups attached to an aromatic ring is 1. The van der Waals surface area contributed by atoms with E-state index in [1.54, 1.807) is 18.2 Å². The molecule has 1 aromatic carbocycles. The minimum atomic E-state index is -0.125. The first-order valence-electron chi connectivity index (χ1n) is 9.86. The van der Waals surface area contributed by atoms with Crippen molar-refractivity contribution in [2.45, 2.75) is 38.1 Å². The van der Waals surface area contributed by atoms with Crippen molar-refractivity contribution >= 4 is 17.6 Å². The number of likely N-dealkylation sites (tertiary alicyclic amines) is 1. The number of hydrogen-bond donors (Lipinski definition) is 2. The highest BCUT2D eigenvalue weighted by molar-refractivity contribution is 5.94. The fourth-order valence-electron chi connectivity index (χ4n) is 4.18. The summed E-state index contributed by atoms with van der Waals surface area (Å²) in [6.07, 6.45) is 6.62. The molecule has 1 saturated carbocycles. The van der Waals surface area contributed by atoms with Crippen molar-refractivity contribution in [1.82, 2.24) is 20.2 Å². The van der Waals surface area contributed by atoms with Crippen LogP contribution in [0.2, 0.25) is 0 Å². The first-order valence-corrected chi connectivity index (χ1v) is 9.86. The monoisotopic (exact) mass is 379 g/mol. The SMILES string of the molecule is Nc1cc(-c2ccc(C(=O)NC[C@H]3CC(=O)N(C4CCCC4)C3)cc2)ncn1. The van der Waals surface area contributed by atoms with Crippen LogP contribution in [0.5, 0.6) is 0 Å². The second-order valence-corrected chi connectivity index (χ2v) is 7.67. The summed E-state index contributed by atoms with van der Waals surface area (Å²) in [5.41, 5.74) is 7.87. The van der Waals surface area contributed by atoms with E-state index in [1.165, 1.54) is 19.2 Å². The molecule has 146 valence electrons. The van der Waals surface area contributed by atoms with Gasteiger partial charge in [0.25, 0.3) is 5.91 Å². The first-order chi connectivity index (χ1) is 13.6. The predicted octanol–water partition coefficient (Wildman–Crippen LogP) is 2.25. The number of nitrogens with zero attached hydrogens (tertiary/aromatic N) is 3. The van der Waals surface area contributed by atoms with Crippen molar-refractivity contribution in [3.05, 3.63) is 42.2 Å². The van der Waals surface area contributed by atoms with Gasteiger partial charge in [-0.05, 0) is 25.0 Å². The van der Waals surface area contributed by atoms with Crippen molar-refractivity contribution in [2.24, 2.45) is 5.92 Å². The fourth-order valence-corrected chi connectivity index (χ4v) is 4.18. The van der Waals surface area contributed by atoms with E-state index in [-0.39, 0.29) is 17.7 Å². The van der Waals surface area contributed by atoms with E-state index in [0.29, 0.717) is 30.4 Å². The Bertz CT molecular complexity index is 861. The Morgan fingerprint density at radius 1 is 1.18 bits per heavy atom. The normalized spacial score (nSPS) is 19.9. The third-order valence-corrected chi connectivity index (χ3v) is 5.69. The predicted molar refractivity (Wildman–Crippen MR) is 106 cm³/mol. The van der Waals surface area contributed by atoms with Gasteiger partial charge < -0.3 is 16.0 Å². The van der Waals surface area contributed by atoms with E-state index < -0.39 is 0 Å². The highest BCUT2D eigenvalue weighted by atomic mass is 16.2. The van der Waals surface area contributed by atoms with Gasteiger partial charge in [-0.2, -0.15) is 0 Å². The molecule has 2 aliphatic rings. The van der Waals surface area contributed by atoms with E-state index in [0.717, 1.165) is 30.6 Å². The molecule has 0 spiro atoms. The van der Waals surface area contributed by atoms with Gasteiger partial charge in [0.15, 0.2) is 0 Å². The number of hydrogen-bond acceptors (Lipinski definition) is 5. The van der Waals surface area contributed by atoms with E-state index in [4.69, 9.17) is 5.73 Å². The third kappa shape index (κ3) is 3.98. The van der Waals surface area contributed by atoms with Crippen LogP contribution < -0.4 is 11.1 Å². The largest absolute Gasteiger partial charge is 0.384 e. The molecule has 1 aliphatic carbocycles. The summed E-state index contributed by atoms with van der Waals surface area (Å²) in [7, 11) is 0. The molecule has 0 unspecified atom stereocenters. The average molecular weight is 379 g/mol. The van der Waals surface area contributed by atoms with Crippen molar-refractivity contribution in [3.63, 3.8) is 0 Å². The summed E-state index contributed by atoms with van der Waals surface area (Å²) in [6, 6.07) is 9.34. The molecule has 2 amide bonds. The van der Waals surface area contributed by atoms with Gasteiger partial charge in [0.2, 0.25) is 5.91 Å². The van der Waals surface area contributed by atoms with Crippen molar-refractivity contribution in [1.29, 1.82) is 0 Å². The highest BCUT2D eigenvalue weighted by Gasteiger charge is 2.35. The second-order valence-electron chi connectivity index (χ2n) is 7.67. The number of anilines is 1. The van der Waals surface area contributed by atoms with Crippen LogP contribution in [0.25, 0.3) is 11.3 Å². The van der Waals surface area contributed by atoms with E-state index in [9.17, 15) is 9.59 Å². The molecule has 1 saturated heterocycles. The number of nitrogens with two attached hydrogens (primary N) is 1. The van der Waals surface area contributed by atoms with E-state index in [2.05, 4.69) is 15.3 Å². The first kappa shape index (κ1) is 18.4. The zero-order valence-electron chi connectivity index (χ0n) is 15.8. The Morgan fingerprint density at radius 2 is 1.93 bits per heavy atom. The van der Waals surface area contributed by atoms with Gasteiger partial charge in [-0.3, -0.25) is 9.59 Å². The number of benzene rings is 1. The fraction of sp³-hybridized carbons (Fsp3) is 0.429. The lowest BCUT2D eigenvalue weighted by atomic mass is 10.1. The summed E-state index contributed by atoms with van der Waals surface area (Å²) in [4.78, 5) is 34.9. The van der Waals surface area contributed by atoms with Crippen molar-refractivity contribution in [3.8, 4) is 11.3 Å². The zero-order valence-corrected chi connectivity index (χ0v) is 15.8. The highest BCUT2D eigenvalue weighted by Crippen LogP contribution is 2.29. The molecule has 1 aliphatic heterocycles. The van der Waals surface area contributed by atoms with Crippen LogP contribution in [0.4, 0.5) is 5.82 Å². The molecular weight excluding hydrogens is 354 g/mol. The lowest BCUT2D eigenvalue weighted by Gasteiger charge is -2.24. The lowest BCUT2D eigenvalue weighted by Crippen LogP contribution is -2.36. The minimum Gasteiger partial charge on any atom is -0.384 e. The van der Waals surface area contributed by atoms with Crippen molar-refractivity contribution in [2.75, 3.05) is 18.8 Å². The van der Waals surface area contributed by atoms with Crippen LogP contribution in [-0.4, -0.2) is 45.8 Å². The van der Waals surface area contributed by atoms with Crippen LogP contribution in [0.15, 0.2) is 36.7 Å². The Labute approximate surface area is 164 Å². The number of nitrogens with one attached hydrogen (secondary N) is 1. The van der Waals surface area contributed by atoms with Crippen LogP contribution in [-0.2, 0) is 4.79 Å². The van der Waals surface area contributed by atoms with Gasteiger partial charge >= 0.3 is 0 Å². The van der Waals surface area contributed by atoms with Crippen LogP contribution in [0.1, 0.15) is 42.5 Å². The minimum absolute atomic E-state index is 0.125. The zero-order chi connectivity index (χ0) is 19.5. The summed E-state index contributed by atoms with van der Waals surface area (Å²) >= 11 is 0. The van der Waals surface area contributed by atoms with Gasteiger partial charge in [0.1, 0.15) is 12.1 Å².